The van der Waals surface area contributed by atoms with Gasteiger partial charge in [-0.1, -0.05) is 0 Å². The Hall–Kier alpha value is -3.82. The van der Waals surface area contributed by atoms with E-state index < -0.39 is 16.8 Å². The molecule has 0 saturated heterocycles. The van der Waals surface area contributed by atoms with Crippen LogP contribution >= 0.6 is 0 Å². The number of esters is 1. The fourth-order valence-electron chi connectivity index (χ4n) is 2.77. The van der Waals surface area contributed by atoms with Crippen LogP contribution in [0.25, 0.3) is 11.0 Å². The Labute approximate surface area is 165 Å². The number of nitrogens with zero attached hydrogens (tertiary/aromatic N) is 4. The number of nitro benzene ring substituents is 1. The van der Waals surface area contributed by atoms with Crippen molar-refractivity contribution in [1.82, 2.24) is 14.8 Å². The lowest BCUT2D eigenvalue weighted by Crippen LogP contribution is -2.14. The summed E-state index contributed by atoms with van der Waals surface area (Å²) in [5.41, 5.74) is 0.582. The molecule has 0 bridgehead atoms. The Morgan fingerprint density at radius 2 is 1.93 bits per heavy atom. The highest BCUT2D eigenvalue weighted by atomic mass is 16.6. The van der Waals surface area contributed by atoms with Gasteiger partial charge in [-0.15, -0.1) is 0 Å². The van der Waals surface area contributed by atoms with Crippen LogP contribution in [0.1, 0.15) is 47.5 Å². The van der Waals surface area contributed by atoms with Gasteiger partial charge < -0.3 is 10.1 Å². The van der Waals surface area contributed by atoms with Crippen molar-refractivity contribution in [2.45, 2.75) is 26.8 Å². The molecule has 0 atom stereocenters. The van der Waals surface area contributed by atoms with Crippen molar-refractivity contribution >= 4 is 34.3 Å². The zero-order chi connectivity index (χ0) is 21.1. The zero-order valence-corrected chi connectivity index (χ0v) is 16.1. The van der Waals surface area contributed by atoms with Crippen LogP contribution in [0.2, 0.25) is 0 Å². The first-order chi connectivity index (χ1) is 13.8. The van der Waals surface area contributed by atoms with Crippen LogP contribution in [-0.2, 0) is 4.74 Å². The van der Waals surface area contributed by atoms with E-state index in [-0.39, 0.29) is 29.5 Å². The lowest BCUT2D eigenvalue weighted by atomic mass is 10.1. The molecule has 1 aromatic carbocycles. The molecule has 0 fully saturated rings. The maximum Gasteiger partial charge on any atom is 0.338 e. The van der Waals surface area contributed by atoms with Gasteiger partial charge in [0.15, 0.2) is 5.65 Å². The van der Waals surface area contributed by atoms with E-state index in [0.717, 1.165) is 17.5 Å². The molecule has 0 aliphatic rings. The van der Waals surface area contributed by atoms with E-state index in [9.17, 15) is 19.7 Å². The van der Waals surface area contributed by atoms with E-state index >= 15 is 0 Å². The minimum absolute atomic E-state index is 0.0415. The van der Waals surface area contributed by atoms with Crippen molar-refractivity contribution in [3.63, 3.8) is 0 Å². The van der Waals surface area contributed by atoms with Crippen molar-refractivity contribution in [1.29, 1.82) is 0 Å². The molecular formula is C19H19N5O5. The van der Waals surface area contributed by atoms with E-state index in [2.05, 4.69) is 15.4 Å². The summed E-state index contributed by atoms with van der Waals surface area (Å²) in [6.45, 7) is 5.69. The first-order valence-electron chi connectivity index (χ1n) is 8.91. The van der Waals surface area contributed by atoms with Crippen molar-refractivity contribution in [2.75, 3.05) is 11.9 Å². The molecule has 0 radical (unpaired) electrons. The topological polar surface area (TPSA) is 129 Å². The molecule has 2 heterocycles. The summed E-state index contributed by atoms with van der Waals surface area (Å²) in [6, 6.07) is 5.26. The third kappa shape index (κ3) is 4.21. The molecular weight excluding hydrogens is 378 g/mol. The van der Waals surface area contributed by atoms with E-state index in [4.69, 9.17) is 4.74 Å². The molecule has 0 aliphatic carbocycles. The lowest BCUT2D eigenvalue weighted by molar-refractivity contribution is -0.384. The number of benzene rings is 1. The SMILES string of the molecule is CCOC(=O)c1cc(C(=O)Nc2cnc3c(cnn3C(C)C)c2)cc([N+](=O)[O-])c1. The Kier molecular flexibility index (Phi) is 5.53. The fraction of sp³-hybridized carbons (Fsp3) is 0.263. The van der Waals surface area contributed by atoms with Crippen molar-refractivity contribution < 1.29 is 19.2 Å². The first-order valence-corrected chi connectivity index (χ1v) is 8.91. The molecule has 3 aromatic rings. The van der Waals surface area contributed by atoms with Crippen LogP contribution < -0.4 is 5.32 Å². The average Bonchev–Trinajstić information content (AvgIpc) is 3.11. The van der Waals surface area contributed by atoms with Crippen molar-refractivity contribution in [3.05, 3.63) is 57.9 Å². The van der Waals surface area contributed by atoms with Crippen LogP contribution in [0.5, 0.6) is 0 Å². The summed E-state index contributed by atoms with van der Waals surface area (Å²) in [5.74, 6) is -1.36. The van der Waals surface area contributed by atoms with Crippen LogP contribution in [-0.4, -0.2) is 38.2 Å². The average molecular weight is 397 g/mol. The Bertz CT molecular complexity index is 1110. The molecule has 10 heteroatoms. The number of aromatic nitrogens is 3. The number of rotatable bonds is 6. The van der Waals surface area contributed by atoms with Gasteiger partial charge in [-0.25, -0.2) is 14.5 Å². The number of fused-ring (bicyclic) bond motifs is 1. The summed E-state index contributed by atoms with van der Waals surface area (Å²) in [4.78, 5) is 39.4. The van der Waals surface area contributed by atoms with E-state index in [1.165, 1.54) is 12.3 Å². The van der Waals surface area contributed by atoms with Crippen LogP contribution in [0, 0.1) is 10.1 Å². The number of pyridine rings is 1. The monoisotopic (exact) mass is 397 g/mol. The predicted octanol–water partition coefficient (Wildman–Crippen LogP) is 3.35. The number of nitro groups is 1. The number of carbonyl (C=O) groups excluding carboxylic acids is 2. The van der Waals surface area contributed by atoms with Gasteiger partial charge in [0.05, 0.1) is 35.2 Å². The maximum atomic E-state index is 12.6. The normalized spacial score (nSPS) is 10.9. The number of non-ortho nitro benzene ring substituents is 1. The zero-order valence-electron chi connectivity index (χ0n) is 16.1. The van der Waals surface area contributed by atoms with Gasteiger partial charge in [0.1, 0.15) is 0 Å². The molecule has 0 aliphatic heterocycles. The van der Waals surface area contributed by atoms with Gasteiger partial charge in [0.25, 0.3) is 11.6 Å². The second-order valence-corrected chi connectivity index (χ2v) is 6.52. The van der Waals surface area contributed by atoms with E-state index in [0.29, 0.717) is 11.3 Å². The van der Waals surface area contributed by atoms with Crippen molar-refractivity contribution in [2.24, 2.45) is 0 Å². The van der Waals surface area contributed by atoms with Gasteiger partial charge in [0, 0.05) is 29.1 Å². The third-order valence-electron chi connectivity index (χ3n) is 4.08. The summed E-state index contributed by atoms with van der Waals surface area (Å²) in [5, 5.41) is 18.8. The number of nitrogens with one attached hydrogen (secondary N) is 1. The second kappa shape index (κ2) is 8.05. The van der Waals surface area contributed by atoms with Crippen LogP contribution in [0.4, 0.5) is 11.4 Å². The van der Waals surface area contributed by atoms with Gasteiger partial charge in [-0.2, -0.15) is 5.10 Å². The summed E-state index contributed by atoms with van der Waals surface area (Å²) in [7, 11) is 0. The minimum Gasteiger partial charge on any atom is -0.462 e. The number of carbonyl (C=O) groups is 2. The Morgan fingerprint density at radius 1 is 1.21 bits per heavy atom. The lowest BCUT2D eigenvalue weighted by Gasteiger charge is -2.09. The summed E-state index contributed by atoms with van der Waals surface area (Å²) < 4.78 is 6.63. The van der Waals surface area contributed by atoms with Gasteiger partial charge in [0.2, 0.25) is 0 Å². The summed E-state index contributed by atoms with van der Waals surface area (Å²) in [6.07, 6.45) is 3.12. The summed E-state index contributed by atoms with van der Waals surface area (Å²) >= 11 is 0. The smallest absolute Gasteiger partial charge is 0.338 e. The first kappa shape index (κ1) is 19.9. The van der Waals surface area contributed by atoms with Crippen molar-refractivity contribution in [3.8, 4) is 0 Å². The van der Waals surface area contributed by atoms with Crippen LogP contribution in [0.15, 0.2) is 36.7 Å². The number of ether oxygens (including phenoxy) is 1. The fourth-order valence-corrected chi connectivity index (χ4v) is 2.77. The highest BCUT2D eigenvalue weighted by Gasteiger charge is 2.19. The molecule has 0 spiro atoms. The number of hydrogen-bond acceptors (Lipinski definition) is 7. The van der Waals surface area contributed by atoms with Gasteiger partial charge in [-0.05, 0) is 32.9 Å². The maximum absolute atomic E-state index is 12.6. The molecule has 3 rings (SSSR count). The predicted molar refractivity (Wildman–Crippen MR) is 105 cm³/mol. The second-order valence-electron chi connectivity index (χ2n) is 6.52. The third-order valence-corrected chi connectivity index (χ3v) is 4.08. The number of anilines is 1. The highest BCUT2D eigenvalue weighted by molar-refractivity contribution is 6.06. The van der Waals surface area contributed by atoms with E-state index in [1.807, 2.05) is 13.8 Å². The minimum atomic E-state index is -0.741. The highest BCUT2D eigenvalue weighted by Crippen LogP contribution is 2.22. The molecule has 1 amide bonds. The molecule has 1 N–H and O–H groups in total. The molecule has 150 valence electrons. The molecule has 10 nitrogen and oxygen atoms in total. The van der Waals surface area contributed by atoms with Crippen LogP contribution in [0.3, 0.4) is 0 Å². The van der Waals surface area contributed by atoms with Gasteiger partial charge >= 0.3 is 5.97 Å². The molecule has 0 unspecified atom stereocenters. The number of amides is 1. The van der Waals surface area contributed by atoms with Gasteiger partial charge in [-0.3, -0.25) is 14.9 Å². The molecule has 0 saturated carbocycles. The quantitative estimate of drug-likeness (QED) is 0.383. The standard InChI is InChI=1S/C19H19N5O5/c1-4-29-19(26)13-5-12(7-16(8-13)24(27)28)18(25)22-15-6-14-9-21-23(11(2)3)17(14)20-10-15/h5-11H,4H2,1-3H3,(H,22,25). The number of hydrogen-bond donors (Lipinski definition) is 1. The van der Waals surface area contributed by atoms with E-state index in [1.54, 1.807) is 23.9 Å². The molecule has 2 aromatic heterocycles. The molecule has 29 heavy (non-hydrogen) atoms. The Balaban J connectivity index is 1.91. The largest absolute Gasteiger partial charge is 0.462 e. The Morgan fingerprint density at radius 3 is 2.59 bits per heavy atom.